The first-order valence-electron chi connectivity index (χ1n) is 9.96. The van der Waals surface area contributed by atoms with E-state index in [-0.39, 0.29) is 6.10 Å². The standard InChI is InChI=1S/C20H29N5O/c1-2-25-19(6-10-23-25)20-17(4-3-13-26-20)14-24-11-7-16(8-12-24)18-5-9-21-15-22-18/h5-6,9-10,15-17,20H,2-4,7-8,11-14H2,1H3/t17-,20+/m0/s1. The number of aromatic nitrogens is 4. The lowest BCUT2D eigenvalue weighted by Crippen LogP contribution is -2.40. The molecule has 0 radical (unpaired) electrons. The van der Waals surface area contributed by atoms with Crippen molar-refractivity contribution in [3.8, 4) is 0 Å². The number of aryl methyl sites for hydroxylation is 1. The zero-order valence-electron chi connectivity index (χ0n) is 15.6. The molecule has 0 bridgehead atoms. The number of hydrogen-bond donors (Lipinski definition) is 0. The zero-order valence-corrected chi connectivity index (χ0v) is 15.6. The molecule has 2 fully saturated rings. The number of rotatable bonds is 5. The van der Waals surface area contributed by atoms with Gasteiger partial charge in [-0.05, 0) is 57.8 Å². The molecule has 0 saturated carbocycles. The fraction of sp³-hybridized carbons (Fsp3) is 0.650. The van der Waals surface area contributed by atoms with Crippen LogP contribution in [0.3, 0.4) is 0 Å². The SMILES string of the molecule is CCn1nccc1[C@@H]1OCCC[C@H]1CN1CCC(c2ccncn2)CC1. The Bertz CT molecular complexity index is 681. The van der Waals surface area contributed by atoms with Gasteiger partial charge in [0.2, 0.25) is 0 Å². The molecule has 2 saturated heterocycles. The van der Waals surface area contributed by atoms with Crippen LogP contribution in [0.5, 0.6) is 0 Å². The van der Waals surface area contributed by atoms with E-state index < -0.39 is 0 Å². The number of nitrogens with zero attached hydrogens (tertiary/aromatic N) is 5. The van der Waals surface area contributed by atoms with Gasteiger partial charge in [-0.2, -0.15) is 5.10 Å². The molecule has 26 heavy (non-hydrogen) atoms. The van der Waals surface area contributed by atoms with Gasteiger partial charge in [-0.15, -0.1) is 0 Å². The van der Waals surface area contributed by atoms with E-state index in [1.807, 2.05) is 12.4 Å². The first-order chi connectivity index (χ1) is 12.8. The van der Waals surface area contributed by atoms with E-state index in [4.69, 9.17) is 4.74 Å². The van der Waals surface area contributed by atoms with Crippen molar-refractivity contribution < 1.29 is 4.74 Å². The first kappa shape index (κ1) is 17.6. The van der Waals surface area contributed by atoms with E-state index >= 15 is 0 Å². The second-order valence-electron chi connectivity index (χ2n) is 7.47. The normalized spacial score (nSPS) is 25.4. The van der Waals surface area contributed by atoms with Crippen LogP contribution in [0.2, 0.25) is 0 Å². The molecule has 2 aromatic rings. The highest BCUT2D eigenvalue weighted by atomic mass is 16.5. The van der Waals surface area contributed by atoms with Crippen LogP contribution in [-0.2, 0) is 11.3 Å². The molecule has 4 heterocycles. The topological polar surface area (TPSA) is 56.1 Å². The summed E-state index contributed by atoms with van der Waals surface area (Å²) in [5.41, 5.74) is 2.44. The van der Waals surface area contributed by atoms with Gasteiger partial charge in [0, 0.05) is 49.6 Å². The second kappa shape index (κ2) is 8.27. The minimum absolute atomic E-state index is 0.186. The summed E-state index contributed by atoms with van der Waals surface area (Å²) in [5, 5.41) is 4.45. The van der Waals surface area contributed by atoms with E-state index in [9.17, 15) is 0 Å². The summed E-state index contributed by atoms with van der Waals surface area (Å²) in [5.74, 6) is 1.13. The molecule has 0 N–H and O–H groups in total. The summed E-state index contributed by atoms with van der Waals surface area (Å²) >= 11 is 0. The Hall–Kier alpha value is -1.79. The van der Waals surface area contributed by atoms with Gasteiger partial charge in [-0.3, -0.25) is 4.68 Å². The lowest BCUT2D eigenvalue weighted by molar-refractivity contribution is -0.0453. The highest BCUT2D eigenvalue weighted by molar-refractivity contribution is 5.09. The summed E-state index contributed by atoms with van der Waals surface area (Å²) in [6, 6.07) is 4.20. The summed E-state index contributed by atoms with van der Waals surface area (Å²) in [7, 11) is 0. The lowest BCUT2D eigenvalue weighted by atomic mass is 9.89. The Kier molecular flexibility index (Phi) is 5.60. The Morgan fingerprint density at radius 3 is 2.81 bits per heavy atom. The highest BCUT2D eigenvalue weighted by Crippen LogP contribution is 2.35. The molecule has 6 heteroatoms. The third-order valence-electron chi connectivity index (χ3n) is 5.89. The zero-order chi connectivity index (χ0) is 17.8. The molecule has 2 aliphatic rings. The Balaban J connectivity index is 1.37. The van der Waals surface area contributed by atoms with Crippen LogP contribution >= 0.6 is 0 Å². The maximum absolute atomic E-state index is 6.20. The minimum Gasteiger partial charge on any atom is -0.372 e. The molecule has 4 rings (SSSR count). The van der Waals surface area contributed by atoms with Crippen LogP contribution in [0.25, 0.3) is 0 Å². The van der Waals surface area contributed by atoms with Crippen molar-refractivity contribution in [3.05, 3.63) is 42.2 Å². The van der Waals surface area contributed by atoms with Gasteiger partial charge in [-0.1, -0.05) is 0 Å². The smallest absolute Gasteiger partial charge is 0.115 e. The second-order valence-corrected chi connectivity index (χ2v) is 7.47. The predicted molar refractivity (Wildman–Crippen MR) is 99.8 cm³/mol. The van der Waals surface area contributed by atoms with Gasteiger partial charge in [0.25, 0.3) is 0 Å². The van der Waals surface area contributed by atoms with Gasteiger partial charge < -0.3 is 9.64 Å². The maximum atomic E-state index is 6.20. The van der Waals surface area contributed by atoms with Crippen LogP contribution in [0.4, 0.5) is 0 Å². The van der Waals surface area contributed by atoms with Crippen molar-refractivity contribution >= 4 is 0 Å². The van der Waals surface area contributed by atoms with E-state index in [0.29, 0.717) is 11.8 Å². The molecule has 2 aliphatic heterocycles. The Labute approximate surface area is 155 Å². The van der Waals surface area contributed by atoms with Crippen molar-refractivity contribution in [3.63, 3.8) is 0 Å². The minimum atomic E-state index is 0.186. The monoisotopic (exact) mass is 355 g/mol. The largest absolute Gasteiger partial charge is 0.372 e. The Morgan fingerprint density at radius 1 is 1.15 bits per heavy atom. The molecule has 0 amide bonds. The van der Waals surface area contributed by atoms with Crippen molar-refractivity contribution in [2.75, 3.05) is 26.2 Å². The molecular formula is C20H29N5O. The molecule has 140 valence electrons. The average molecular weight is 355 g/mol. The van der Waals surface area contributed by atoms with E-state index in [0.717, 1.165) is 32.8 Å². The molecule has 0 unspecified atom stereocenters. The fourth-order valence-corrected chi connectivity index (χ4v) is 4.49. The van der Waals surface area contributed by atoms with Crippen LogP contribution in [0.1, 0.15) is 56.0 Å². The first-order valence-corrected chi connectivity index (χ1v) is 9.96. The van der Waals surface area contributed by atoms with Crippen molar-refractivity contribution in [2.45, 2.75) is 51.2 Å². The molecule has 0 aromatic carbocycles. The van der Waals surface area contributed by atoms with E-state index in [1.165, 1.54) is 37.1 Å². The van der Waals surface area contributed by atoms with E-state index in [1.54, 1.807) is 6.33 Å². The van der Waals surface area contributed by atoms with Gasteiger partial charge in [0.15, 0.2) is 0 Å². The van der Waals surface area contributed by atoms with Crippen LogP contribution in [0.15, 0.2) is 30.9 Å². The lowest BCUT2D eigenvalue weighted by Gasteiger charge is -2.38. The van der Waals surface area contributed by atoms with Crippen molar-refractivity contribution in [2.24, 2.45) is 5.92 Å². The fourth-order valence-electron chi connectivity index (χ4n) is 4.49. The average Bonchev–Trinajstić information content (AvgIpc) is 3.18. The molecule has 2 aromatic heterocycles. The summed E-state index contributed by atoms with van der Waals surface area (Å²) < 4.78 is 8.29. The summed E-state index contributed by atoms with van der Waals surface area (Å²) in [6.45, 7) is 7.32. The van der Waals surface area contributed by atoms with Crippen molar-refractivity contribution in [1.82, 2.24) is 24.6 Å². The van der Waals surface area contributed by atoms with Gasteiger partial charge in [0.05, 0.1) is 5.69 Å². The number of hydrogen-bond acceptors (Lipinski definition) is 5. The van der Waals surface area contributed by atoms with Gasteiger partial charge in [-0.25, -0.2) is 9.97 Å². The van der Waals surface area contributed by atoms with Crippen LogP contribution in [-0.4, -0.2) is 50.9 Å². The maximum Gasteiger partial charge on any atom is 0.115 e. The van der Waals surface area contributed by atoms with Crippen LogP contribution in [0, 0.1) is 5.92 Å². The van der Waals surface area contributed by atoms with E-state index in [2.05, 4.69) is 43.7 Å². The van der Waals surface area contributed by atoms with Crippen LogP contribution < -0.4 is 0 Å². The van der Waals surface area contributed by atoms with Crippen molar-refractivity contribution in [1.29, 1.82) is 0 Å². The van der Waals surface area contributed by atoms with Gasteiger partial charge in [0.1, 0.15) is 12.4 Å². The molecular weight excluding hydrogens is 326 g/mol. The quantitative estimate of drug-likeness (QED) is 0.825. The van der Waals surface area contributed by atoms with Gasteiger partial charge >= 0.3 is 0 Å². The molecule has 0 spiro atoms. The number of piperidine rings is 1. The third-order valence-corrected chi connectivity index (χ3v) is 5.89. The molecule has 2 atom stereocenters. The third kappa shape index (κ3) is 3.81. The Morgan fingerprint density at radius 2 is 2.04 bits per heavy atom. The summed E-state index contributed by atoms with van der Waals surface area (Å²) in [4.78, 5) is 11.1. The highest BCUT2D eigenvalue weighted by Gasteiger charge is 2.32. The number of likely N-dealkylation sites (tertiary alicyclic amines) is 1. The summed E-state index contributed by atoms with van der Waals surface area (Å²) in [6.07, 6.45) is 10.4. The molecule has 6 nitrogen and oxygen atoms in total. The predicted octanol–water partition coefficient (Wildman–Crippen LogP) is 3.04. The molecule has 0 aliphatic carbocycles. The number of ether oxygens (including phenoxy) is 1.